The molecule has 0 saturated carbocycles. The van der Waals surface area contributed by atoms with E-state index in [-0.39, 0.29) is 6.61 Å². The number of aliphatic hydroxyl groups is 1. The summed E-state index contributed by atoms with van der Waals surface area (Å²) in [5, 5.41) is 13.6. The van der Waals surface area contributed by atoms with E-state index in [9.17, 15) is 5.11 Å². The number of likely N-dealkylation sites (N-methyl/N-ethyl adjacent to an activating group) is 1. The largest absolute Gasteiger partial charge is 0.496 e. The first-order chi connectivity index (χ1) is 10.7. The third kappa shape index (κ3) is 4.20. The molecule has 0 spiro atoms. The molecule has 22 heavy (non-hydrogen) atoms. The summed E-state index contributed by atoms with van der Waals surface area (Å²) in [7, 11) is 1.63. The molecular formula is C17H25NO3S. The van der Waals surface area contributed by atoms with Gasteiger partial charge in [-0.1, -0.05) is 13.8 Å². The predicted octanol–water partition coefficient (Wildman–Crippen LogP) is 3.30. The lowest BCUT2D eigenvalue weighted by Crippen LogP contribution is -2.27. The third-order valence-corrected chi connectivity index (χ3v) is 4.77. The van der Waals surface area contributed by atoms with Gasteiger partial charge in [-0.25, -0.2) is 0 Å². The van der Waals surface area contributed by atoms with Crippen LogP contribution in [0.2, 0.25) is 0 Å². The van der Waals surface area contributed by atoms with E-state index >= 15 is 0 Å². The summed E-state index contributed by atoms with van der Waals surface area (Å²) < 4.78 is 12.2. The number of benzene rings is 1. The highest BCUT2D eigenvalue weighted by atomic mass is 32.1. The van der Waals surface area contributed by atoms with Crippen LogP contribution in [0.4, 0.5) is 0 Å². The molecule has 0 saturated heterocycles. The Morgan fingerprint density at radius 2 is 2.05 bits per heavy atom. The van der Waals surface area contributed by atoms with Crippen LogP contribution in [0.3, 0.4) is 0 Å². The molecule has 0 aliphatic heterocycles. The first-order valence-electron chi connectivity index (χ1n) is 7.72. The average molecular weight is 323 g/mol. The van der Waals surface area contributed by atoms with Gasteiger partial charge in [0.05, 0.1) is 20.3 Å². The Morgan fingerprint density at radius 1 is 1.27 bits per heavy atom. The average Bonchev–Trinajstić information content (AvgIpc) is 3.00. The van der Waals surface area contributed by atoms with Crippen LogP contribution in [0.5, 0.6) is 5.75 Å². The number of nitrogens with zero attached hydrogens (tertiary/aromatic N) is 1. The van der Waals surface area contributed by atoms with Crippen molar-refractivity contribution in [1.82, 2.24) is 4.90 Å². The van der Waals surface area contributed by atoms with Crippen LogP contribution >= 0.6 is 11.3 Å². The van der Waals surface area contributed by atoms with E-state index in [0.29, 0.717) is 6.61 Å². The normalized spacial score (nSPS) is 13.0. The third-order valence-electron chi connectivity index (χ3n) is 3.89. The van der Waals surface area contributed by atoms with Crippen molar-refractivity contribution in [3.05, 3.63) is 29.1 Å². The maximum absolute atomic E-state index is 10.4. The van der Waals surface area contributed by atoms with Gasteiger partial charge in [-0.3, -0.25) is 0 Å². The number of hydrogen-bond acceptors (Lipinski definition) is 5. The van der Waals surface area contributed by atoms with Crippen molar-refractivity contribution in [2.24, 2.45) is 0 Å². The van der Waals surface area contributed by atoms with Crippen LogP contribution in [-0.4, -0.2) is 50.0 Å². The van der Waals surface area contributed by atoms with Crippen LogP contribution in [0.15, 0.2) is 23.6 Å². The van der Waals surface area contributed by atoms with Gasteiger partial charge in [-0.15, -0.1) is 11.3 Å². The summed E-state index contributed by atoms with van der Waals surface area (Å²) in [6.45, 7) is 8.12. The number of ether oxygens (including phenoxy) is 2. The Kier molecular flexibility index (Phi) is 6.64. The van der Waals surface area contributed by atoms with Gasteiger partial charge in [0.1, 0.15) is 11.9 Å². The van der Waals surface area contributed by atoms with E-state index < -0.39 is 6.10 Å². The van der Waals surface area contributed by atoms with Gasteiger partial charge in [0.2, 0.25) is 0 Å². The Bertz CT molecular complexity index is 580. The minimum atomic E-state index is -0.670. The summed E-state index contributed by atoms with van der Waals surface area (Å²) in [5.41, 5.74) is 0.788. The highest BCUT2D eigenvalue weighted by Gasteiger charge is 2.15. The van der Waals surface area contributed by atoms with Gasteiger partial charge < -0.3 is 19.5 Å². The Labute approximate surface area is 136 Å². The molecule has 5 heteroatoms. The molecule has 0 aliphatic rings. The standard InChI is InChI=1S/C17H25NO3S/c1-4-18(5-2)7-8-21-12-15(19)14-10-13-6-9-22-17(13)11-16(14)20-3/h6,9-11,15,19H,4-5,7-8,12H2,1-3H3. The molecular weight excluding hydrogens is 298 g/mol. The number of hydrogen-bond donors (Lipinski definition) is 1. The minimum Gasteiger partial charge on any atom is -0.496 e. The first-order valence-corrected chi connectivity index (χ1v) is 8.60. The molecule has 0 radical (unpaired) electrons. The van der Waals surface area contributed by atoms with Crippen molar-refractivity contribution in [1.29, 1.82) is 0 Å². The second kappa shape index (κ2) is 8.48. The molecule has 1 N–H and O–H groups in total. The zero-order chi connectivity index (χ0) is 15.9. The zero-order valence-corrected chi connectivity index (χ0v) is 14.4. The van der Waals surface area contributed by atoms with Crippen molar-refractivity contribution in [3.8, 4) is 5.75 Å². The predicted molar refractivity (Wildman–Crippen MR) is 91.9 cm³/mol. The van der Waals surface area contributed by atoms with Crippen LogP contribution in [0.25, 0.3) is 10.1 Å². The topological polar surface area (TPSA) is 41.9 Å². The second-order valence-electron chi connectivity index (χ2n) is 5.17. The molecule has 1 aromatic carbocycles. The van der Waals surface area contributed by atoms with Crippen molar-refractivity contribution in [2.45, 2.75) is 20.0 Å². The number of methoxy groups -OCH3 is 1. The first kappa shape index (κ1) is 17.2. The van der Waals surface area contributed by atoms with Crippen LogP contribution in [-0.2, 0) is 4.74 Å². The van der Waals surface area contributed by atoms with E-state index in [4.69, 9.17) is 9.47 Å². The fourth-order valence-corrected chi connectivity index (χ4v) is 3.26. The fraction of sp³-hybridized carbons (Fsp3) is 0.529. The summed E-state index contributed by atoms with van der Waals surface area (Å²) in [5.74, 6) is 0.717. The van der Waals surface area contributed by atoms with Crippen LogP contribution < -0.4 is 4.74 Å². The van der Waals surface area contributed by atoms with Gasteiger partial charge in [0.25, 0.3) is 0 Å². The summed E-state index contributed by atoms with van der Waals surface area (Å²) in [4.78, 5) is 2.30. The fourth-order valence-electron chi connectivity index (χ4n) is 2.46. The molecule has 0 bridgehead atoms. The highest BCUT2D eigenvalue weighted by Crippen LogP contribution is 2.33. The molecule has 1 heterocycles. The molecule has 1 unspecified atom stereocenters. The number of thiophene rings is 1. The quantitative estimate of drug-likeness (QED) is 0.719. The Morgan fingerprint density at radius 3 is 2.73 bits per heavy atom. The van der Waals surface area contributed by atoms with E-state index in [1.165, 1.54) is 0 Å². The smallest absolute Gasteiger partial charge is 0.126 e. The molecule has 1 atom stereocenters. The molecule has 2 rings (SSSR count). The Hall–Kier alpha value is -1.14. The minimum absolute atomic E-state index is 0.285. The maximum Gasteiger partial charge on any atom is 0.126 e. The number of fused-ring (bicyclic) bond motifs is 1. The van der Waals surface area contributed by atoms with Crippen LogP contribution in [0, 0.1) is 0 Å². The van der Waals surface area contributed by atoms with Crippen molar-refractivity contribution < 1.29 is 14.6 Å². The number of aliphatic hydroxyl groups excluding tert-OH is 1. The van der Waals surface area contributed by atoms with E-state index in [1.807, 2.05) is 17.5 Å². The molecule has 0 aliphatic carbocycles. The summed E-state index contributed by atoms with van der Waals surface area (Å²) in [6, 6.07) is 6.02. The molecule has 4 nitrogen and oxygen atoms in total. The maximum atomic E-state index is 10.4. The highest BCUT2D eigenvalue weighted by molar-refractivity contribution is 7.17. The second-order valence-corrected chi connectivity index (χ2v) is 6.12. The number of rotatable bonds is 9. The lowest BCUT2D eigenvalue weighted by molar-refractivity contribution is 0.0264. The molecule has 1 aromatic heterocycles. The molecule has 0 fully saturated rings. The van der Waals surface area contributed by atoms with Gasteiger partial charge in [-0.05, 0) is 42.1 Å². The Balaban J connectivity index is 1.95. The van der Waals surface area contributed by atoms with Crippen molar-refractivity contribution in [3.63, 3.8) is 0 Å². The summed E-state index contributed by atoms with van der Waals surface area (Å²) >= 11 is 1.67. The van der Waals surface area contributed by atoms with Gasteiger partial charge in [-0.2, -0.15) is 0 Å². The van der Waals surface area contributed by atoms with E-state index in [0.717, 1.165) is 41.0 Å². The van der Waals surface area contributed by atoms with Gasteiger partial charge >= 0.3 is 0 Å². The monoisotopic (exact) mass is 323 g/mol. The van der Waals surface area contributed by atoms with E-state index in [1.54, 1.807) is 18.4 Å². The molecule has 2 aromatic rings. The lowest BCUT2D eigenvalue weighted by Gasteiger charge is -2.19. The molecule has 122 valence electrons. The van der Waals surface area contributed by atoms with Gasteiger partial charge in [0, 0.05) is 16.8 Å². The SMILES string of the molecule is CCN(CC)CCOCC(O)c1cc2ccsc2cc1OC. The lowest BCUT2D eigenvalue weighted by atomic mass is 10.1. The summed E-state index contributed by atoms with van der Waals surface area (Å²) in [6.07, 6.45) is -0.670. The zero-order valence-electron chi connectivity index (χ0n) is 13.5. The van der Waals surface area contributed by atoms with Gasteiger partial charge in [0.15, 0.2) is 0 Å². The van der Waals surface area contributed by atoms with E-state index in [2.05, 4.69) is 24.8 Å². The van der Waals surface area contributed by atoms with Crippen molar-refractivity contribution in [2.75, 3.05) is 40.0 Å². The molecule has 0 amide bonds. The van der Waals surface area contributed by atoms with Crippen LogP contribution in [0.1, 0.15) is 25.5 Å². The van der Waals surface area contributed by atoms with Crippen molar-refractivity contribution >= 4 is 21.4 Å².